The van der Waals surface area contributed by atoms with E-state index >= 15 is 0 Å². The summed E-state index contributed by atoms with van der Waals surface area (Å²) in [6.07, 6.45) is 6.63. The number of carbonyl (C=O) groups is 2. The number of carbonyl (C=O) groups excluding carboxylic acids is 2. The molecule has 4 atom stereocenters. The van der Waals surface area contributed by atoms with Crippen molar-refractivity contribution in [3.05, 3.63) is 59.5 Å². The zero-order valence-corrected chi connectivity index (χ0v) is 16.5. The van der Waals surface area contributed by atoms with Crippen molar-refractivity contribution in [3.8, 4) is 0 Å². The third-order valence-corrected chi connectivity index (χ3v) is 7.64. The van der Waals surface area contributed by atoms with E-state index < -0.39 is 0 Å². The molecule has 146 valence electrons. The summed E-state index contributed by atoms with van der Waals surface area (Å²) in [7, 11) is 0. The first-order chi connectivity index (χ1) is 13.7. The molecule has 5 rings (SSSR count). The van der Waals surface area contributed by atoms with Gasteiger partial charge in [-0.15, -0.1) is 11.8 Å². The van der Waals surface area contributed by atoms with E-state index in [1.807, 2.05) is 41.3 Å². The van der Waals surface area contributed by atoms with Gasteiger partial charge in [0.1, 0.15) is 11.1 Å². The zero-order chi connectivity index (χ0) is 19.1. The van der Waals surface area contributed by atoms with Gasteiger partial charge in [-0.3, -0.25) is 9.59 Å². The summed E-state index contributed by atoms with van der Waals surface area (Å²) in [6.45, 7) is 0.468. The van der Waals surface area contributed by atoms with Crippen molar-refractivity contribution in [2.75, 3.05) is 5.75 Å². The summed E-state index contributed by atoms with van der Waals surface area (Å²) in [5, 5.41) is 3.20. The second kappa shape index (κ2) is 7.32. The number of nitrogens with one attached hydrogen (secondary N) is 1. The molecule has 5 nitrogen and oxygen atoms in total. The van der Waals surface area contributed by atoms with Gasteiger partial charge in [-0.05, 0) is 60.9 Å². The van der Waals surface area contributed by atoms with Crippen molar-refractivity contribution in [1.82, 2.24) is 10.2 Å². The molecule has 3 aliphatic rings. The summed E-state index contributed by atoms with van der Waals surface area (Å²) in [5.41, 5.74) is 1.73. The Labute approximate surface area is 168 Å². The Balaban J connectivity index is 1.26. The molecule has 28 heavy (non-hydrogen) atoms. The molecular weight excluding hydrogens is 372 g/mol. The second-order valence-corrected chi connectivity index (χ2v) is 9.21. The Morgan fingerprint density at radius 3 is 2.71 bits per heavy atom. The number of hydrogen-bond donors (Lipinski definition) is 1. The minimum absolute atomic E-state index is 0.0201. The molecule has 2 aliphatic carbocycles. The lowest BCUT2D eigenvalue weighted by atomic mass is 9.95. The molecular formula is C22H24N2O3S. The minimum Gasteiger partial charge on any atom is -0.467 e. The number of nitrogens with zero attached hydrogens (tertiary/aromatic N) is 1. The first-order valence-electron chi connectivity index (χ1n) is 10.0. The first kappa shape index (κ1) is 17.9. The average Bonchev–Trinajstić information content (AvgIpc) is 3.49. The lowest BCUT2D eigenvalue weighted by Crippen LogP contribution is -2.38. The van der Waals surface area contributed by atoms with E-state index in [0.29, 0.717) is 29.8 Å². The first-order valence-corrected chi connectivity index (χ1v) is 11.1. The molecule has 2 heterocycles. The number of rotatable bonds is 5. The lowest BCUT2D eigenvalue weighted by Gasteiger charge is -2.24. The minimum atomic E-state index is -0.0414. The maximum Gasteiger partial charge on any atom is 0.251 e. The molecule has 0 unspecified atom stereocenters. The summed E-state index contributed by atoms with van der Waals surface area (Å²) in [4.78, 5) is 26.8. The van der Waals surface area contributed by atoms with E-state index in [1.54, 1.807) is 18.0 Å². The van der Waals surface area contributed by atoms with Crippen LogP contribution in [0.3, 0.4) is 0 Å². The van der Waals surface area contributed by atoms with Crippen molar-refractivity contribution in [3.63, 3.8) is 0 Å². The number of amides is 2. The highest BCUT2D eigenvalue weighted by Gasteiger charge is 2.40. The molecule has 6 heteroatoms. The van der Waals surface area contributed by atoms with Crippen LogP contribution in [0.4, 0.5) is 0 Å². The SMILES string of the molecule is O=C(N[C@H]1C[C@@H]2CC[C@@H]1C2)c1ccc([C@@H]2SCC(=O)N2Cc2ccco2)cc1. The third-order valence-electron chi connectivity index (χ3n) is 6.39. The molecule has 1 aromatic carbocycles. The summed E-state index contributed by atoms with van der Waals surface area (Å²) in [6, 6.07) is 11.8. The van der Waals surface area contributed by atoms with Crippen LogP contribution < -0.4 is 5.32 Å². The van der Waals surface area contributed by atoms with E-state index in [4.69, 9.17) is 4.42 Å². The molecule has 1 aromatic heterocycles. The fourth-order valence-electron chi connectivity index (χ4n) is 4.94. The normalized spacial score (nSPS) is 28.9. The second-order valence-electron chi connectivity index (χ2n) is 8.14. The van der Waals surface area contributed by atoms with E-state index in [0.717, 1.165) is 23.7 Å². The van der Waals surface area contributed by atoms with Gasteiger partial charge in [0.2, 0.25) is 5.91 Å². The Hall–Kier alpha value is -2.21. The highest BCUT2D eigenvalue weighted by Crippen LogP contribution is 2.44. The molecule has 0 radical (unpaired) electrons. The van der Waals surface area contributed by atoms with Crippen molar-refractivity contribution in [2.45, 2.75) is 43.6 Å². The van der Waals surface area contributed by atoms with E-state index in [1.165, 1.54) is 19.3 Å². The Bertz CT molecular complexity index is 864. The van der Waals surface area contributed by atoms with Crippen molar-refractivity contribution in [1.29, 1.82) is 0 Å². The number of furan rings is 1. The predicted molar refractivity (Wildman–Crippen MR) is 108 cm³/mol. The van der Waals surface area contributed by atoms with Crippen LogP contribution in [0.5, 0.6) is 0 Å². The topological polar surface area (TPSA) is 62.6 Å². The Kier molecular flexibility index (Phi) is 4.67. The monoisotopic (exact) mass is 396 g/mol. The van der Waals surface area contributed by atoms with Crippen molar-refractivity contribution in [2.24, 2.45) is 11.8 Å². The van der Waals surface area contributed by atoms with Crippen LogP contribution in [0.2, 0.25) is 0 Å². The maximum atomic E-state index is 12.6. The van der Waals surface area contributed by atoms with Gasteiger partial charge < -0.3 is 14.6 Å². The van der Waals surface area contributed by atoms with Crippen LogP contribution in [0.15, 0.2) is 47.1 Å². The summed E-state index contributed by atoms with van der Waals surface area (Å²) in [5.74, 6) is 2.87. The summed E-state index contributed by atoms with van der Waals surface area (Å²) >= 11 is 1.62. The van der Waals surface area contributed by atoms with Crippen LogP contribution in [0.1, 0.15) is 52.7 Å². The molecule has 1 saturated heterocycles. The molecule has 2 saturated carbocycles. The third kappa shape index (κ3) is 3.34. The Morgan fingerprint density at radius 1 is 1.18 bits per heavy atom. The smallest absolute Gasteiger partial charge is 0.251 e. The summed E-state index contributed by atoms with van der Waals surface area (Å²) < 4.78 is 5.41. The highest BCUT2D eigenvalue weighted by atomic mass is 32.2. The molecule has 2 bridgehead atoms. The molecule has 0 spiro atoms. The standard InChI is InChI=1S/C22H24N2O3S/c25-20-13-28-22(24(20)12-18-2-1-9-27-18)16-7-5-15(6-8-16)21(26)23-19-11-14-3-4-17(19)10-14/h1-2,5-9,14,17,19,22H,3-4,10-13H2,(H,23,26)/t14-,17-,19+,22+/m1/s1. The van der Waals surface area contributed by atoms with Crippen LogP contribution in [-0.2, 0) is 11.3 Å². The molecule has 3 fully saturated rings. The molecule has 1 aliphatic heterocycles. The quantitative estimate of drug-likeness (QED) is 0.831. The van der Waals surface area contributed by atoms with Gasteiger partial charge in [-0.25, -0.2) is 0 Å². The fraction of sp³-hybridized carbons (Fsp3) is 0.455. The van der Waals surface area contributed by atoms with Gasteiger partial charge in [-0.1, -0.05) is 18.6 Å². The van der Waals surface area contributed by atoms with E-state index in [-0.39, 0.29) is 17.2 Å². The van der Waals surface area contributed by atoms with E-state index in [2.05, 4.69) is 5.32 Å². The number of benzene rings is 1. The Morgan fingerprint density at radius 2 is 2.04 bits per heavy atom. The lowest BCUT2D eigenvalue weighted by molar-refractivity contribution is -0.128. The molecule has 1 N–H and O–H groups in total. The molecule has 2 amide bonds. The zero-order valence-electron chi connectivity index (χ0n) is 15.7. The van der Waals surface area contributed by atoms with Crippen LogP contribution in [0.25, 0.3) is 0 Å². The van der Waals surface area contributed by atoms with Gasteiger partial charge in [0.05, 0.1) is 18.6 Å². The predicted octanol–water partition coefficient (Wildman–Crippen LogP) is 3.97. The van der Waals surface area contributed by atoms with Crippen molar-refractivity contribution >= 4 is 23.6 Å². The fourth-order valence-corrected chi connectivity index (χ4v) is 6.13. The van der Waals surface area contributed by atoms with Gasteiger partial charge in [0.15, 0.2) is 0 Å². The molecule has 2 aromatic rings. The number of thioether (sulfide) groups is 1. The van der Waals surface area contributed by atoms with Crippen LogP contribution in [-0.4, -0.2) is 28.5 Å². The van der Waals surface area contributed by atoms with Gasteiger partial charge in [0.25, 0.3) is 5.91 Å². The highest BCUT2D eigenvalue weighted by molar-refractivity contribution is 8.00. The number of hydrogen-bond acceptors (Lipinski definition) is 4. The van der Waals surface area contributed by atoms with Gasteiger partial charge >= 0.3 is 0 Å². The van der Waals surface area contributed by atoms with Gasteiger partial charge in [-0.2, -0.15) is 0 Å². The van der Waals surface area contributed by atoms with Crippen molar-refractivity contribution < 1.29 is 14.0 Å². The maximum absolute atomic E-state index is 12.6. The largest absolute Gasteiger partial charge is 0.467 e. The number of fused-ring (bicyclic) bond motifs is 2. The van der Waals surface area contributed by atoms with E-state index in [9.17, 15) is 9.59 Å². The van der Waals surface area contributed by atoms with Gasteiger partial charge in [0, 0.05) is 11.6 Å². The van der Waals surface area contributed by atoms with Crippen LogP contribution in [0, 0.1) is 11.8 Å². The van der Waals surface area contributed by atoms with Crippen LogP contribution >= 0.6 is 11.8 Å². The average molecular weight is 397 g/mol.